The summed E-state index contributed by atoms with van der Waals surface area (Å²) in [5.74, 6) is 0.680. The maximum atomic E-state index is 12.3. The van der Waals surface area contributed by atoms with Gasteiger partial charge in [-0.1, -0.05) is 30.0 Å². The molecule has 22 heavy (non-hydrogen) atoms. The van der Waals surface area contributed by atoms with Gasteiger partial charge in [0, 0.05) is 31.6 Å². The van der Waals surface area contributed by atoms with Gasteiger partial charge in [-0.2, -0.15) is 0 Å². The van der Waals surface area contributed by atoms with Crippen molar-refractivity contribution in [2.75, 3.05) is 39.0 Å². The molecule has 0 bridgehead atoms. The van der Waals surface area contributed by atoms with Crippen LogP contribution in [0.5, 0.6) is 0 Å². The molecule has 1 aliphatic heterocycles. The van der Waals surface area contributed by atoms with Crippen molar-refractivity contribution in [1.29, 1.82) is 0 Å². The van der Waals surface area contributed by atoms with Crippen molar-refractivity contribution in [3.8, 4) is 0 Å². The Morgan fingerprint density at radius 1 is 1.23 bits per heavy atom. The Morgan fingerprint density at radius 2 is 1.95 bits per heavy atom. The van der Waals surface area contributed by atoms with Crippen molar-refractivity contribution >= 4 is 28.6 Å². The van der Waals surface area contributed by atoms with Crippen LogP contribution in [0.1, 0.15) is 5.56 Å². The lowest BCUT2D eigenvalue weighted by atomic mass is 10.1. The van der Waals surface area contributed by atoms with Crippen molar-refractivity contribution in [2.24, 2.45) is 0 Å². The van der Waals surface area contributed by atoms with Gasteiger partial charge in [0.25, 0.3) is 0 Å². The van der Waals surface area contributed by atoms with Gasteiger partial charge in [-0.25, -0.2) is 4.98 Å². The topological polar surface area (TPSA) is 36.4 Å². The first-order chi connectivity index (χ1) is 10.6. The van der Waals surface area contributed by atoms with Crippen LogP contribution >= 0.6 is 11.8 Å². The fourth-order valence-electron chi connectivity index (χ4n) is 2.68. The Hall–Kier alpha value is -1.59. The van der Waals surface area contributed by atoms with Crippen LogP contribution in [0.3, 0.4) is 0 Å². The molecule has 0 unspecified atom stereocenters. The lowest BCUT2D eigenvalue weighted by Gasteiger charge is -2.32. The minimum atomic E-state index is 0.214. The number of pyridine rings is 1. The average Bonchev–Trinajstić information content (AvgIpc) is 2.53. The number of aryl methyl sites for hydroxylation is 1. The van der Waals surface area contributed by atoms with Gasteiger partial charge in [0.05, 0.1) is 16.3 Å². The van der Waals surface area contributed by atoms with Crippen LogP contribution in [0.25, 0.3) is 10.9 Å². The van der Waals surface area contributed by atoms with E-state index in [0.29, 0.717) is 5.75 Å². The summed E-state index contributed by atoms with van der Waals surface area (Å²) in [4.78, 5) is 21.1. The zero-order chi connectivity index (χ0) is 15.5. The highest BCUT2D eigenvalue weighted by Gasteiger charge is 2.19. The summed E-state index contributed by atoms with van der Waals surface area (Å²) in [6, 6.07) is 10.2. The molecule has 0 aliphatic carbocycles. The molecular formula is C17H21N3OS. The summed E-state index contributed by atoms with van der Waals surface area (Å²) < 4.78 is 0. The predicted octanol–water partition coefficient (Wildman–Crippen LogP) is 2.41. The number of piperazine rings is 1. The smallest absolute Gasteiger partial charge is 0.233 e. The highest BCUT2D eigenvalue weighted by atomic mass is 32.2. The summed E-state index contributed by atoms with van der Waals surface area (Å²) in [5.41, 5.74) is 2.21. The molecule has 0 radical (unpaired) electrons. The molecule has 4 nitrogen and oxygen atoms in total. The zero-order valence-corrected chi connectivity index (χ0v) is 13.9. The van der Waals surface area contributed by atoms with Gasteiger partial charge in [-0.05, 0) is 31.7 Å². The van der Waals surface area contributed by atoms with E-state index in [1.54, 1.807) is 0 Å². The van der Waals surface area contributed by atoms with Crippen molar-refractivity contribution in [3.05, 3.63) is 35.9 Å². The van der Waals surface area contributed by atoms with E-state index in [2.05, 4.69) is 36.0 Å². The average molecular weight is 315 g/mol. The second kappa shape index (κ2) is 6.67. The van der Waals surface area contributed by atoms with E-state index < -0.39 is 0 Å². The molecular weight excluding hydrogens is 294 g/mol. The number of hydrogen-bond donors (Lipinski definition) is 0. The van der Waals surface area contributed by atoms with Gasteiger partial charge < -0.3 is 9.80 Å². The first-order valence-electron chi connectivity index (χ1n) is 7.59. The predicted molar refractivity (Wildman–Crippen MR) is 91.3 cm³/mol. The molecule has 1 fully saturated rings. The van der Waals surface area contributed by atoms with E-state index >= 15 is 0 Å². The van der Waals surface area contributed by atoms with Gasteiger partial charge in [0.1, 0.15) is 0 Å². The molecule has 1 aromatic heterocycles. The molecule has 3 rings (SSSR count). The molecule has 5 heteroatoms. The third kappa shape index (κ3) is 3.42. The van der Waals surface area contributed by atoms with E-state index in [9.17, 15) is 4.79 Å². The molecule has 116 valence electrons. The number of amides is 1. The van der Waals surface area contributed by atoms with Gasteiger partial charge in [0.15, 0.2) is 0 Å². The second-order valence-corrected chi connectivity index (χ2v) is 6.76. The molecule has 1 amide bonds. The number of fused-ring (bicyclic) bond motifs is 1. The summed E-state index contributed by atoms with van der Waals surface area (Å²) in [6.45, 7) is 5.68. The first kappa shape index (κ1) is 15.3. The number of carbonyl (C=O) groups excluding carboxylic acids is 1. The Labute approximate surface area is 135 Å². The van der Waals surface area contributed by atoms with Crippen LogP contribution < -0.4 is 0 Å². The van der Waals surface area contributed by atoms with Crippen LogP contribution in [0.2, 0.25) is 0 Å². The van der Waals surface area contributed by atoms with Gasteiger partial charge in [0.2, 0.25) is 5.91 Å². The molecule has 0 atom stereocenters. The largest absolute Gasteiger partial charge is 0.339 e. The third-order valence-electron chi connectivity index (χ3n) is 4.10. The minimum absolute atomic E-state index is 0.214. The van der Waals surface area contributed by atoms with E-state index in [-0.39, 0.29) is 5.91 Å². The minimum Gasteiger partial charge on any atom is -0.339 e. The second-order valence-electron chi connectivity index (χ2n) is 5.77. The molecule has 1 aromatic carbocycles. The summed E-state index contributed by atoms with van der Waals surface area (Å²) >= 11 is 1.54. The van der Waals surface area contributed by atoms with Crippen LogP contribution in [-0.2, 0) is 4.79 Å². The van der Waals surface area contributed by atoms with Crippen LogP contribution in [-0.4, -0.2) is 59.7 Å². The van der Waals surface area contributed by atoms with Crippen LogP contribution in [0.15, 0.2) is 35.4 Å². The van der Waals surface area contributed by atoms with Crippen molar-refractivity contribution < 1.29 is 4.79 Å². The zero-order valence-electron chi connectivity index (χ0n) is 13.1. The Balaban J connectivity index is 1.65. The van der Waals surface area contributed by atoms with E-state index in [1.807, 2.05) is 23.1 Å². The van der Waals surface area contributed by atoms with Crippen molar-refractivity contribution in [2.45, 2.75) is 11.9 Å². The monoisotopic (exact) mass is 315 g/mol. The number of nitrogens with zero attached hydrogens (tertiary/aromatic N) is 3. The first-order valence-corrected chi connectivity index (χ1v) is 8.57. The van der Waals surface area contributed by atoms with Crippen molar-refractivity contribution in [1.82, 2.24) is 14.8 Å². The number of hydrogen-bond acceptors (Lipinski definition) is 4. The number of likely N-dealkylation sites (N-methyl/N-ethyl adjacent to an activating group) is 1. The van der Waals surface area contributed by atoms with E-state index in [0.717, 1.165) is 36.7 Å². The Kier molecular flexibility index (Phi) is 4.64. The number of carbonyl (C=O) groups is 1. The standard InChI is InChI=1S/C17H21N3OS/c1-13-11-16(18-15-6-4-3-5-14(13)15)22-12-17(21)20-9-7-19(2)8-10-20/h3-6,11H,7-10,12H2,1-2H3. The molecule has 0 saturated carbocycles. The van der Waals surface area contributed by atoms with Gasteiger partial charge in [-0.15, -0.1) is 0 Å². The van der Waals surface area contributed by atoms with Gasteiger partial charge >= 0.3 is 0 Å². The maximum Gasteiger partial charge on any atom is 0.233 e. The normalized spacial score (nSPS) is 16.2. The van der Waals surface area contributed by atoms with Crippen LogP contribution in [0.4, 0.5) is 0 Å². The number of rotatable bonds is 3. The number of para-hydroxylation sites is 1. The lowest BCUT2D eigenvalue weighted by Crippen LogP contribution is -2.47. The number of aromatic nitrogens is 1. The van der Waals surface area contributed by atoms with Gasteiger partial charge in [-0.3, -0.25) is 4.79 Å². The fourth-order valence-corrected chi connectivity index (χ4v) is 3.55. The summed E-state index contributed by atoms with van der Waals surface area (Å²) in [5, 5.41) is 2.11. The highest BCUT2D eigenvalue weighted by molar-refractivity contribution is 7.99. The quantitative estimate of drug-likeness (QED) is 0.815. The molecule has 1 saturated heterocycles. The Bertz CT molecular complexity index is 681. The van der Waals surface area contributed by atoms with E-state index in [1.165, 1.54) is 22.7 Å². The Morgan fingerprint density at radius 3 is 2.73 bits per heavy atom. The third-order valence-corrected chi connectivity index (χ3v) is 5.00. The lowest BCUT2D eigenvalue weighted by molar-refractivity contribution is -0.129. The van der Waals surface area contributed by atoms with Crippen LogP contribution in [0, 0.1) is 6.92 Å². The summed E-state index contributed by atoms with van der Waals surface area (Å²) in [7, 11) is 2.10. The highest BCUT2D eigenvalue weighted by Crippen LogP contribution is 2.23. The maximum absolute atomic E-state index is 12.3. The number of benzene rings is 1. The molecule has 1 aliphatic rings. The van der Waals surface area contributed by atoms with Crippen molar-refractivity contribution in [3.63, 3.8) is 0 Å². The number of thioether (sulfide) groups is 1. The van der Waals surface area contributed by atoms with E-state index in [4.69, 9.17) is 0 Å². The molecule has 0 spiro atoms. The molecule has 2 heterocycles. The molecule has 2 aromatic rings. The summed E-state index contributed by atoms with van der Waals surface area (Å²) in [6.07, 6.45) is 0. The molecule has 0 N–H and O–H groups in total. The SMILES string of the molecule is Cc1cc(SCC(=O)N2CCN(C)CC2)nc2ccccc12. The fraction of sp³-hybridized carbons (Fsp3) is 0.412.